The van der Waals surface area contributed by atoms with E-state index in [1.54, 1.807) is 25.4 Å². The lowest BCUT2D eigenvalue weighted by molar-refractivity contribution is 0.383. The Kier molecular flexibility index (Phi) is 4.62. The minimum Gasteiger partial charge on any atom is -0.235 e. The van der Waals surface area contributed by atoms with Crippen LogP contribution in [0.3, 0.4) is 0 Å². The monoisotopic (exact) mass is 378 g/mol. The molecule has 2 aromatic heterocycles. The SMILES string of the molecule is CC(Cc1cccs1)N(C)S(=O)(=O)c1c(Br)nnn1C. The first-order chi connectivity index (χ1) is 9.34. The van der Waals surface area contributed by atoms with Gasteiger partial charge in [-0.05, 0) is 40.7 Å². The van der Waals surface area contributed by atoms with Gasteiger partial charge in [0.1, 0.15) is 0 Å². The Hall–Kier alpha value is -0.770. The van der Waals surface area contributed by atoms with Crippen LogP contribution in [0.5, 0.6) is 0 Å². The average Bonchev–Trinajstić information content (AvgIpc) is 2.98. The Morgan fingerprint density at radius 1 is 1.55 bits per heavy atom. The summed E-state index contributed by atoms with van der Waals surface area (Å²) < 4.78 is 28.1. The smallest absolute Gasteiger partial charge is 0.235 e. The molecule has 0 fully saturated rings. The number of nitrogens with zero attached hydrogens (tertiary/aromatic N) is 4. The van der Waals surface area contributed by atoms with Crippen LogP contribution in [0.2, 0.25) is 0 Å². The molecule has 110 valence electrons. The van der Waals surface area contributed by atoms with E-state index in [1.165, 1.54) is 8.99 Å². The standard InChI is InChI=1S/C11H15BrN4O2S2/c1-8(7-9-5-4-6-19-9)16(3)20(17,18)11-10(12)13-14-15(11)2/h4-6,8H,7H2,1-3H3. The van der Waals surface area contributed by atoms with Gasteiger partial charge in [0.15, 0.2) is 4.60 Å². The maximum absolute atomic E-state index is 12.6. The number of hydrogen-bond acceptors (Lipinski definition) is 5. The highest BCUT2D eigenvalue weighted by Gasteiger charge is 2.31. The number of sulfonamides is 1. The Labute approximate surface area is 130 Å². The molecule has 20 heavy (non-hydrogen) atoms. The van der Waals surface area contributed by atoms with Crippen LogP contribution in [-0.2, 0) is 23.5 Å². The van der Waals surface area contributed by atoms with Gasteiger partial charge in [-0.1, -0.05) is 11.3 Å². The lowest BCUT2D eigenvalue weighted by Gasteiger charge is -2.23. The molecule has 1 atom stereocenters. The maximum Gasteiger partial charge on any atom is 0.263 e. The van der Waals surface area contributed by atoms with Crippen LogP contribution < -0.4 is 0 Å². The first kappa shape index (κ1) is 15.6. The molecule has 0 spiro atoms. The first-order valence-corrected chi connectivity index (χ1v) is 9.01. The summed E-state index contributed by atoms with van der Waals surface area (Å²) in [7, 11) is -0.496. The molecule has 0 radical (unpaired) electrons. The number of halogens is 1. The summed E-state index contributed by atoms with van der Waals surface area (Å²) >= 11 is 4.76. The van der Waals surface area contributed by atoms with Crippen molar-refractivity contribution in [3.8, 4) is 0 Å². The van der Waals surface area contributed by atoms with Crippen molar-refractivity contribution in [2.24, 2.45) is 7.05 Å². The Bertz CT molecular complexity index is 662. The van der Waals surface area contributed by atoms with Gasteiger partial charge in [-0.2, -0.15) is 4.31 Å². The molecule has 0 aliphatic heterocycles. The molecule has 0 saturated carbocycles. The fourth-order valence-electron chi connectivity index (χ4n) is 1.82. The van der Waals surface area contributed by atoms with Crippen LogP contribution in [0.25, 0.3) is 0 Å². The molecule has 0 N–H and O–H groups in total. The fraction of sp³-hybridized carbons (Fsp3) is 0.455. The van der Waals surface area contributed by atoms with Crippen molar-refractivity contribution in [2.75, 3.05) is 7.05 Å². The van der Waals surface area contributed by atoms with Gasteiger partial charge >= 0.3 is 0 Å². The van der Waals surface area contributed by atoms with Crippen LogP contribution in [0.1, 0.15) is 11.8 Å². The van der Waals surface area contributed by atoms with Crippen LogP contribution in [0, 0.1) is 0 Å². The Balaban J connectivity index is 2.25. The molecule has 9 heteroatoms. The third kappa shape index (κ3) is 2.95. The van der Waals surface area contributed by atoms with Crippen LogP contribution in [-0.4, -0.2) is 40.8 Å². The van der Waals surface area contributed by atoms with Crippen LogP contribution >= 0.6 is 27.3 Å². The van der Waals surface area contributed by atoms with Crippen molar-refractivity contribution in [3.63, 3.8) is 0 Å². The third-order valence-corrected chi connectivity index (χ3v) is 6.82. The molecular formula is C11H15BrN4O2S2. The number of rotatable bonds is 5. The van der Waals surface area contributed by atoms with Gasteiger partial charge in [0.05, 0.1) is 0 Å². The summed E-state index contributed by atoms with van der Waals surface area (Å²) in [6, 6.07) is 3.81. The van der Waals surface area contributed by atoms with Gasteiger partial charge in [-0.25, -0.2) is 13.1 Å². The zero-order valence-electron chi connectivity index (χ0n) is 11.3. The second kappa shape index (κ2) is 5.92. The number of thiophene rings is 1. The minimum atomic E-state index is -3.63. The third-order valence-electron chi connectivity index (χ3n) is 3.06. The normalized spacial score (nSPS) is 13.8. The summed E-state index contributed by atoms with van der Waals surface area (Å²) in [6.07, 6.45) is 0.677. The van der Waals surface area contributed by atoms with E-state index >= 15 is 0 Å². The Morgan fingerprint density at radius 2 is 2.25 bits per heavy atom. The molecule has 0 aromatic carbocycles. The van der Waals surface area contributed by atoms with Crippen molar-refractivity contribution in [1.82, 2.24) is 19.3 Å². The topological polar surface area (TPSA) is 68.1 Å². The van der Waals surface area contributed by atoms with E-state index in [1.807, 2.05) is 24.4 Å². The highest BCUT2D eigenvalue weighted by atomic mass is 79.9. The van der Waals surface area contributed by atoms with Crippen molar-refractivity contribution >= 4 is 37.3 Å². The van der Waals surface area contributed by atoms with E-state index < -0.39 is 10.0 Å². The van der Waals surface area contributed by atoms with E-state index in [0.717, 1.165) is 4.88 Å². The summed E-state index contributed by atoms with van der Waals surface area (Å²) in [5, 5.41) is 9.49. The molecule has 0 amide bonds. The van der Waals surface area contributed by atoms with Gasteiger partial charge in [-0.15, -0.1) is 16.4 Å². The van der Waals surface area contributed by atoms with Gasteiger partial charge in [0.25, 0.3) is 10.0 Å². The predicted molar refractivity (Wildman–Crippen MR) is 81.1 cm³/mol. The van der Waals surface area contributed by atoms with Gasteiger partial charge in [-0.3, -0.25) is 0 Å². The van der Waals surface area contributed by atoms with Crippen molar-refractivity contribution < 1.29 is 8.42 Å². The highest BCUT2D eigenvalue weighted by Crippen LogP contribution is 2.24. The Morgan fingerprint density at radius 3 is 2.75 bits per heavy atom. The molecular weight excluding hydrogens is 364 g/mol. The van der Waals surface area contributed by atoms with Crippen molar-refractivity contribution in [2.45, 2.75) is 24.4 Å². The van der Waals surface area contributed by atoms with Crippen molar-refractivity contribution in [3.05, 3.63) is 27.0 Å². The largest absolute Gasteiger partial charge is 0.263 e. The average molecular weight is 379 g/mol. The first-order valence-electron chi connectivity index (χ1n) is 5.89. The zero-order valence-corrected chi connectivity index (χ0v) is 14.5. The predicted octanol–water partition coefficient (Wildman–Crippen LogP) is 1.89. The van der Waals surface area contributed by atoms with E-state index in [0.29, 0.717) is 6.42 Å². The molecule has 0 aliphatic rings. The van der Waals surface area contributed by atoms with E-state index in [9.17, 15) is 8.42 Å². The van der Waals surface area contributed by atoms with Crippen molar-refractivity contribution in [1.29, 1.82) is 0 Å². The molecule has 0 saturated heterocycles. The number of hydrogen-bond donors (Lipinski definition) is 0. The summed E-state index contributed by atoms with van der Waals surface area (Å²) in [6.45, 7) is 1.88. The lowest BCUT2D eigenvalue weighted by atomic mass is 10.2. The van der Waals surface area contributed by atoms with Crippen LogP contribution in [0.4, 0.5) is 0 Å². The molecule has 0 aliphatic carbocycles. The van der Waals surface area contributed by atoms with Crippen LogP contribution in [0.15, 0.2) is 27.1 Å². The quantitative estimate of drug-likeness (QED) is 0.796. The van der Waals surface area contributed by atoms with E-state index in [4.69, 9.17) is 0 Å². The summed E-state index contributed by atoms with van der Waals surface area (Å²) in [5.41, 5.74) is 0. The summed E-state index contributed by atoms with van der Waals surface area (Å²) in [5.74, 6) is 0. The fourth-order valence-corrected chi connectivity index (χ4v) is 5.03. The van der Waals surface area contributed by atoms with E-state index in [2.05, 4.69) is 26.2 Å². The molecule has 6 nitrogen and oxygen atoms in total. The van der Waals surface area contributed by atoms with Gasteiger partial charge < -0.3 is 0 Å². The lowest BCUT2D eigenvalue weighted by Crippen LogP contribution is -2.37. The highest BCUT2D eigenvalue weighted by molar-refractivity contribution is 9.10. The second-order valence-corrected chi connectivity index (χ2v) is 8.16. The van der Waals surface area contributed by atoms with Gasteiger partial charge in [0.2, 0.25) is 5.03 Å². The summed E-state index contributed by atoms with van der Waals surface area (Å²) in [4.78, 5) is 1.15. The molecule has 1 unspecified atom stereocenters. The number of aromatic nitrogens is 3. The molecule has 2 aromatic rings. The number of aryl methyl sites for hydroxylation is 1. The molecule has 2 heterocycles. The number of likely N-dealkylation sites (N-methyl/N-ethyl adjacent to an activating group) is 1. The molecule has 2 rings (SSSR count). The molecule has 0 bridgehead atoms. The van der Waals surface area contributed by atoms with Gasteiger partial charge in [0, 0.05) is 25.0 Å². The van der Waals surface area contributed by atoms with E-state index in [-0.39, 0.29) is 15.7 Å². The minimum absolute atomic E-state index is 0.0676. The second-order valence-electron chi connectivity index (χ2n) is 4.46. The zero-order chi connectivity index (χ0) is 14.9. The maximum atomic E-state index is 12.6.